The van der Waals surface area contributed by atoms with Crippen LogP contribution in [0.1, 0.15) is 0 Å². The smallest absolute Gasteiger partial charge is 0.164 e. The van der Waals surface area contributed by atoms with Crippen molar-refractivity contribution >= 4 is 63.0 Å². The Kier molecular flexibility index (Phi) is 7.87. The van der Waals surface area contributed by atoms with E-state index in [1.165, 1.54) is 57.0 Å². The molecule has 3 aromatic heterocycles. The van der Waals surface area contributed by atoms with Gasteiger partial charge >= 0.3 is 0 Å². The zero-order valence-corrected chi connectivity index (χ0v) is 31.7. The first kappa shape index (κ1) is 32.6. The van der Waals surface area contributed by atoms with Gasteiger partial charge in [0, 0.05) is 57.0 Å². The van der Waals surface area contributed by atoms with Gasteiger partial charge in [0.15, 0.2) is 17.5 Å². The van der Waals surface area contributed by atoms with Crippen LogP contribution in [0.15, 0.2) is 188 Å². The molecule has 0 unspecified atom stereocenters. The van der Waals surface area contributed by atoms with Crippen molar-refractivity contribution in [3.8, 4) is 67.5 Å². The van der Waals surface area contributed by atoms with E-state index in [1.54, 1.807) is 0 Å². The molecule has 0 saturated heterocycles. The van der Waals surface area contributed by atoms with Gasteiger partial charge in [0.2, 0.25) is 0 Å². The minimum Gasteiger partial charge on any atom is -0.208 e. The fourth-order valence-corrected chi connectivity index (χ4v) is 10.1. The van der Waals surface area contributed by atoms with Crippen LogP contribution in [-0.2, 0) is 0 Å². The third-order valence-corrected chi connectivity index (χ3v) is 12.9. The topological polar surface area (TPSA) is 38.7 Å². The third kappa shape index (κ3) is 5.68. The highest BCUT2D eigenvalue weighted by Crippen LogP contribution is 2.42. The lowest BCUT2D eigenvalue weighted by Crippen LogP contribution is -2.00. The lowest BCUT2D eigenvalue weighted by atomic mass is 9.98. The lowest BCUT2D eigenvalue weighted by molar-refractivity contribution is 1.07. The summed E-state index contributed by atoms with van der Waals surface area (Å²) < 4.78 is 5.20. The Hall–Kier alpha value is -6.79. The minimum atomic E-state index is 0.640. The van der Waals surface area contributed by atoms with E-state index in [0.29, 0.717) is 17.5 Å². The van der Waals surface area contributed by atoms with E-state index in [9.17, 15) is 0 Å². The molecule has 0 saturated carbocycles. The fourth-order valence-electron chi connectivity index (χ4n) is 7.83. The van der Waals surface area contributed by atoms with Crippen molar-refractivity contribution in [3.63, 3.8) is 0 Å². The zero-order chi connectivity index (χ0) is 37.0. The normalized spacial score (nSPS) is 11.6. The van der Waals surface area contributed by atoms with Crippen LogP contribution in [-0.4, -0.2) is 15.0 Å². The minimum absolute atomic E-state index is 0.640. The van der Waals surface area contributed by atoms with Crippen LogP contribution in [0, 0.1) is 0 Å². The second-order valence-corrected chi connectivity index (χ2v) is 16.1. The first-order chi connectivity index (χ1) is 27.7. The summed E-state index contributed by atoms with van der Waals surface area (Å²) in [6.45, 7) is 0. The maximum atomic E-state index is 5.12. The summed E-state index contributed by atoms with van der Waals surface area (Å²) in [6.07, 6.45) is 0. The van der Waals surface area contributed by atoms with Crippen molar-refractivity contribution in [3.05, 3.63) is 188 Å². The summed E-state index contributed by atoms with van der Waals surface area (Å²) in [4.78, 5) is 15.3. The molecule has 0 bridgehead atoms. The Morgan fingerprint density at radius 2 is 0.589 bits per heavy atom. The van der Waals surface area contributed by atoms with Crippen molar-refractivity contribution in [2.45, 2.75) is 0 Å². The Bertz CT molecular complexity index is 3040. The number of thiophene rings is 2. The molecule has 0 atom stereocenters. The molecule has 56 heavy (non-hydrogen) atoms. The molecule has 5 heteroatoms. The summed E-state index contributed by atoms with van der Waals surface area (Å²) in [7, 11) is 0. The molecule has 0 N–H and O–H groups in total. The number of hydrogen-bond acceptors (Lipinski definition) is 5. The number of rotatable bonds is 6. The van der Waals surface area contributed by atoms with Crippen LogP contribution in [0.4, 0.5) is 0 Å². The molecule has 0 radical (unpaired) electrons. The Morgan fingerprint density at radius 3 is 1.04 bits per heavy atom. The fraction of sp³-hybridized carbons (Fsp3) is 0. The second kappa shape index (κ2) is 13.5. The van der Waals surface area contributed by atoms with Gasteiger partial charge in [-0.15, -0.1) is 22.7 Å². The van der Waals surface area contributed by atoms with Gasteiger partial charge in [-0.1, -0.05) is 164 Å². The van der Waals surface area contributed by atoms with E-state index in [2.05, 4.69) is 182 Å². The molecule has 11 aromatic rings. The monoisotopic (exact) mass is 749 g/mol. The van der Waals surface area contributed by atoms with Gasteiger partial charge in [-0.25, -0.2) is 15.0 Å². The molecular formula is C51H31N3S2. The predicted molar refractivity (Wildman–Crippen MR) is 238 cm³/mol. The van der Waals surface area contributed by atoms with Crippen molar-refractivity contribution in [2.24, 2.45) is 0 Å². The van der Waals surface area contributed by atoms with Crippen LogP contribution in [0.25, 0.3) is 108 Å². The highest BCUT2D eigenvalue weighted by molar-refractivity contribution is 7.26. The number of fused-ring (bicyclic) bond motifs is 6. The van der Waals surface area contributed by atoms with E-state index in [-0.39, 0.29) is 0 Å². The van der Waals surface area contributed by atoms with Gasteiger partial charge in [0.05, 0.1) is 0 Å². The summed E-state index contributed by atoms with van der Waals surface area (Å²) in [6, 6.07) is 66.8. The Morgan fingerprint density at radius 1 is 0.250 bits per heavy atom. The predicted octanol–water partition coefficient (Wildman–Crippen LogP) is 14.6. The maximum absolute atomic E-state index is 5.12. The largest absolute Gasteiger partial charge is 0.208 e. The number of hydrogen-bond donors (Lipinski definition) is 0. The number of benzene rings is 8. The molecule has 0 aliphatic carbocycles. The molecule has 0 amide bonds. The highest BCUT2D eigenvalue weighted by atomic mass is 32.1. The van der Waals surface area contributed by atoms with Crippen LogP contribution >= 0.6 is 22.7 Å². The quantitative estimate of drug-likeness (QED) is 0.170. The van der Waals surface area contributed by atoms with E-state index in [0.717, 1.165) is 33.4 Å². The van der Waals surface area contributed by atoms with Gasteiger partial charge in [-0.05, 0) is 57.6 Å². The SMILES string of the molecule is c1ccc(-c2ccc(-c3nc(-c4ccc(-c5cccc6sc7ccccc7c56)cc4)nc(-c4ccc(-c5cccc6sc7ccccc7c56)cc4)n3)cc2)cc1. The van der Waals surface area contributed by atoms with Crippen molar-refractivity contribution in [2.75, 3.05) is 0 Å². The van der Waals surface area contributed by atoms with Gasteiger partial charge < -0.3 is 0 Å². The van der Waals surface area contributed by atoms with Crippen LogP contribution < -0.4 is 0 Å². The van der Waals surface area contributed by atoms with E-state index >= 15 is 0 Å². The molecule has 8 aromatic carbocycles. The Balaban J connectivity index is 1.00. The van der Waals surface area contributed by atoms with Gasteiger partial charge in [-0.2, -0.15) is 0 Å². The summed E-state index contributed by atoms with van der Waals surface area (Å²) in [5, 5.41) is 5.19. The molecule has 262 valence electrons. The van der Waals surface area contributed by atoms with Gasteiger partial charge in [-0.3, -0.25) is 0 Å². The van der Waals surface area contributed by atoms with E-state index < -0.39 is 0 Å². The first-order valence-corrected chi connectivity index (χ1v) is 20.3. The standard InChI is InChI=1S/C51H31N3S2/c1-2-10-32(11-3-1)33-20-26-36(27-21-33)49-52-50(37-28-22-34(23-29-37)39-14-8-18-45-47(39)41-12-4-6-16-43(41)55-45)54-51(53-49)38-30-24-35(25-31-38)40-15-9-19-46-48(40)42-13-5-7-17-44(42)56-46/h1-31H. The van der Waals surface area contributed by atoms with Crippen LogP contribution in [0.2, 0.25) is 0 Å². The molecule has 0 fully saturated rings. The van der Waals surface area contributed by atoms with Gasteiger partial charge in [0.25, 0.3) is 0 Å². The number of nitrogens with zero attached hydrogens (tertiary/aromatic N) is 3. The van der Waals surface area contributed by atoms with Crippen LogP contribution in [0.3, 0.4) is 0 Å². The molecule has 3 nitrogen and oxygen atoms in total. The van der Waals surface area contributed by atoms with Crippen molar-refractivity contribution in [1.29, 1.82) is 0 Å². The summed E-state index contributed by atoms with van der Waals surface area (Å²) in [5.74, 6) is 1.92. The second-order valence-electron chi connectivity index (χ2n) is 14.0. The highest BCUT2D eigenvalue weighted by Gasteiger charge is 2.16. The zero-order valence-electron chi connectivity index (χ0n) is 30.1. The van der Waals surface area contributed by atoms with E-state index in [4.69, 9.17) is 15.0 Å². The molecule has 3 heterocycles. The van der Waals surface area contributed by atoms with Crippen molar-refractivity contribution in [1.82, 2.24) is 15.0 Å². The third-order valence-electron chi connectivity index (χ3n) is 10.6. The molecule has 11 rings (SSSR count). The maximum Gasteiger partial charge on any atom is 0.164 e. The summed E-state index contributed by atoms with van der Waals surface area (Å²) >= 11 is 3.69. The average molecular weight is 750 g/mol. The first-order valence-electron chi connectivity index (χ1n) is 18.7. The lowest BCUT2D eigenvalue weighted by Gasteiger charge is -2.11. The van der Waals surface area contributed by atoms with Crippen molar-refractivity contribution < 1.29 is 0 Å². The Labute approximate surface area is 331 Å². The summed E-state index contributed by atoms with van der Waals surface area (Å²) in [5.41, 5.74) is 9.93. The molecular weight excluding hydrogens is 719 g/mol. The number of aromatic nitrogens is 3. The molecule has 0 spiro atoms. The van der Waals surface area contributed by atoms with E-state index in [1.807, 2.05) is 28.7 Å². The average Bonchev–Trinajstić information content (AvgIpc) is 3.86. The molecule has 0 aliphatic heterocycles. The van der Waals surface area contributed by atoms with Gasteiger partial charge in [0.1, 0.15) is 0 Å². The van der Waals surface area contributed by atoms with Crippen LogP contribution in [0.5, 0.6) is 0 Å². The molecule has 0 aliphatic rings.